The van der Waals surface area contributed by atoms with Gasteiger partial charge in [0.05, 0.1) is 0 Å². The van der Waals surface area contributed by atoms with Crippen molar-refractivity contribution >= 4 is 11.3 Å². The molecule has 114 valence electrons. The lowest BCUT2D eigenvalue weighted by Crippen LogP contribution is -2.32. The van der Waals surface area contributed by atoms with E-state index in [-0.39, 0.29) is 11.9 Å². The van der Waals surface area contributed by atoms with E-state index >= 15 is 0 Å². The lowest BCUT2D eigenvalue weighted by Gasteiger charge is -2.30. The molecule has 1 aromatic carbocycles. The van der Waals surface area contributed by atoms with Crippen LogP contribution in [0.4, 0.5) is 4.39 Å². The molecule has 1 N–H and O–H groups in total. The molecule has 0 aliphatic carbocycles. The summed E-state index contributed by atoms with van der Waals surface area (Å²) in [5.41, 5.74) is 1.15. The van der Waals surface area contributed by atoms with Crippen LogP contribution in [0.5, 0.6) is 0 Å². The van der Waals surface area contributed by atoms with Crippen molar-refractivity contribution in [3.8, 4) is 0 Å². The van der Waals surface area contributed by atoms with Crippen LogP contribution >= 0.6 is 11.3 Å². The molecule has 0 amide bonds. The summed E-state index contributed by atoms with van der Waals surface area (Å²) in [6, 6.07) is 11.7. The second kappa shape index (κ2) is 7.19. The van der Waals surface area contributed by atoms with Crippen LogP contribution in [0.1, 0.15) is 50.2 Å². The van der Waals surface area contributed by atoms with E-state index in [1.54, 1.807) is 23.5 Å². The molecule has 2 rings (SSSR count). The molecule has 0 saturated heterocycles. The molecule has 0 spiro atoms. The summed E-state index contributed by atoms with van der Waals surface area (Å²) in [4.78, 5) is 1.36. The Morgan fingerprint density at radius 1 is 0.905 bits per heavy atom. The van der Waals surface area contributed by atoms with Gasteiger partial charge < -0.3 is 5.32 Å². The summed E-state index contributed by atoms with van der Waals surface area (Å²) < 4.78 is 13.1. The maximum absolute atomic E-state index is 13.1. The maximum atomic E-state index is 13.1. The predicted octanol–water partition coefficient (Wildman–Crippen LogP) is 5.57. The highest BCUT2D eigenvalue weighted by atomic mass is 32.1. The van der Waals surface area contributed by atoms with E-state index in [2.05, 4.69) is 50.5 Å². The Kier molecular flexibility index (Phi) is 5.54. The lowest BCUT2D eigenvalue weighted by atomic mass is 9.92. The van der Waals surface area contributed by atoms with E-state index in [1.807, 2.05) is 12.1 Å². The molecule has 0 fully saturated rings. The Balaban J connectivity index is 2.24. The third-order valence-electron chi connectivity index (χ3n) is 3.77. The molecule has 0 bridgehead atoms. The highest BCUT2D eigenvalue weighted by molar-refractivity contribution is 7.10. The van der Waals surface area contributed by atoms with Gasteiger partial charge in [0.1, 0.15) is 5.82 Å². The number of rotatable bonds is 6. The maximum Gasteiger partial charge on any atom is 0.123 e. The van der Waals surface area contributed by atoms with Gasteiger partial charge in [-0.05, 0) is 41.0 Å². The van der Waals surface area contributed by atoms with Crippen molar-refractivity contribution in [1.29, 1.82) is 0 Å². The Morgan fingerprint density at radius 2 is 1.52 bits per heavy atom. The molecule has 2 aromatic rings. The van der Waals surface area contributed by atoms with E-state index in [0.29, 0.717) is 17.9 Å². The van der Waals surface area contributed by atoms with Gasteiger partial charge in [-0.3, -0.25) is 0 Å². The fraction of sp³-hybridized carbons (Fsp3) is 0.444. The molecule has 3 heteroatoms. The Bertz CT molecular complexity index is 531. The van der Waals surface area contributed by atoms with Gasteiger partial charge in [0.2, 0.25) is 0 Å². The van der Waals surface area contributed by atoms with Gasteiger partial charge in [-0.15, -0.1) is 11.3 Å². The fourth-order valence-electron chi connectivity index (χ4n) is 2.61. The van der Waals surface area contributed by atoms with Crippen molar-refractivity contribution in [3.05, 3.63) is 58.0 Å². The quantitative estimate of drug-likeness (QED) is 0.735. The summed E-state index contributed by atoms with van der Waals surface area (Å²) in [6.45, 7) is 8.87. The van der Waals surface area contributed by atoms with Crippen LogP contribution in [0.25, 0.3) is 0 Å². The molecular formula is C18H24FNS. The highest BCUT2D eigenvalue weighted by Crippen LogP contribution is 2.31. The number of hydrogen-bond donors (Lipinski definition) is 1. The van der Waals surface area contributed by atoms with E-state index in [9.17, 15) is 4.39 Å². The first kappa shape index (κ1) is 16.2. The first-order valence-electron chi connectivity index (χ1n) is 7.54. The number of nitrogens with one attached hydrogen (secondary N) is 1. The molecule has 1 aromatic heterocycles. The smallest absolute Gasteiger partial charge is 0.123 e. The summed E-state index contributed by atoms with van der Waals surface area (Å²) >= 11 is 1.79. The summed E-state index contributed by atoms with van der Waals surface area (Å²) in [5.74, 6) is 0.766. The molecule has 21 heavy (non-hydrogen) atoms. The molecule has 1 heterocycles. The van der Waals surface area contributed by atoms with Crippen LogP contribution in [0.2, 0.25) is 0 Å². The Morgan fingerprint density at radius 3 is 2.00 bits per heavy atom. The third kappa shape index (κ3) is 4.14. The van der Waals surface area contributed by atoms with Crippen LogP contribution in [-0.4, -0.2) is 0 Å². The number of hydrogen-bond acceptors (Lipinski definition) is 2. The Hall–Kier alpha value is -1.19. The summed E-state index contributed by atoms with van der Waals surface area (Å²) in [6.07, 6.45) is 0. The zero-order valence-electron chi connectivity index (χ0n) is 13.1. The minimum atomic E-state index is -0.181. The van der Waals surface area contributed by atoms with Gasteiger partial charge >= 0.3 is 0 Å². The van der Waals surface area contributed by atoms with E-state index < -0.39 is 0 Å². The standard InChI is InChI=1S/C18H24FNS/c1-12(2)17(14-7-9-15(19)10-8-14)20-18(13(3)4)16-6-5-11-21-16/h5-13,17-18,20H,1-4H3. The number of benzene rings is 1. The second-order valence-electron chi connectivity index (χ2n) is 6.18. The largest absolute Gasteiger partial charge is 0.302 e. The normalized spacial score (nSPS) is 14.6. The number of thiophene rings is 1. The van der Waals surface area contributed by atoms with Gasteiger partial charge in [0.15, 0.2) is 0 Å². The summed E-state index contributed by atoms with van der Waals surface area (Å²) in [7, 11) is 0. The number of halogens is 1. The van der Waals surface area contributed by atoms with Crippen molar-refractivity contribution in [2.24, 2.45) is 11.8 Å². The van der Waals surface area contributed by atoms with E-state index in [1.165, 1.54) is 4.88 Å². The van der Waals surface area contributed by atoms with E-state index in [0.717, 1.165) is 5.56 Å². The fourth-order valence-corrected chi connectivity index (χ4v) is 3.57. The monoisotopic (exact) mass is 305 g/mol. The van der Waals surface area contributed by atoms with Crippen LogP contribution < -0.4 is 5.32 Å². The van der Waals surface area contributed by atoms with Crippen molar-refractivity contribution in [2.45, 2.75) is 39.8 Å². The van der Waals surface area contributed by atoms with Crippen molar-refractivity contribution < 1.29 is 4.39 Å². The zero-order chi connectivity index (χ0) is 15.4. The average Bonchev–Trinajstić information content (AvgIpc) is 2.94. The van der Waals surface area contributed by atoms with Gasteiger partial charge in [-0.25, -0.2) is 4.39 Å². The molecular weight excluding hydrogens is 281 g/mol. The average molecular weight is 305 g/mol. The van der Waals surface area contributed by atoms with Crippen LogP contribution in [0.15, 0.2) is 41.8 Å². The Labute approximate surface area is 131 Å². The van der Waals surface area contributed by atoms with Gasteiger partial charge in [0.25, 0.3) is 0 Å². The van der Waals surface area contributed by atoms with E-state index in [4.69, 9.17) is 0 Å². The molecule has 2 atom stereocenters. The molecule has 0 aliphatic heterocycles. The first-order chi connectivity index (χ1) is 9.99. The molecule has 1 nitrogen and oxygen atoms in total. The molecule has 0 aliphatic rings. The summed E-state index contributed by atoms with van der Waals surface area (Å²) in [5, 5.41) is 5.90. The van der Waals surface area contributed by atoms with Crippen LogP contribution in [0.3, 0.4) is 0 Å². The third-order valence-corrected chi connectivity index (χ3v) is 4.73. The lowest BCUT2D eigenvalue weighted by molar-refractivity contribution is 0.316. The van der Waals surface area contributed by atoms with Crippen molar-refractivity contribution in [3.63, 3.8) is 0 Å². The zero-order valence-corrected chi connectivity index (χ0v) is 14.0. The van der Waals surface area contributed by atoms with Crippen molar-refractivity contribution in [1.82, 2.24) is 5.32 Å². The SMILES string of the molecule is CC(C)C(NC(c1cccs1)C(C)C)c1ccc(F)cc1. The van der Waals surface area contributed by atoms with Gasteiger partial charge in [0, 0.05) is 17.0 Å². The minimum absolute atomic E-state index is 0.181. The van der Waals surface area contributed by atoms with Gasteiger partial charge in [-0.2, -0.15) is 0 Å². The van der Waals surface area contributed by atoms with Crippen LogP contribution in [-0.2, 0) is 0 Å². The minimum Gasteiger partial charge on any atom is -0.302 e. The highest BCUT2D eigenvalue weighted by Gasteiger charge is 2.24. The molecule has 2 unspecified atom stereocenters. The first-order valence-corrected chi connectivity index (χ1v) is 8.42. The second-order valence-corrected chi connectivity index (χ2v) is 7.16. The van der Waals surface area contributed by atoms with Gasteiger partial charge in [-0.1, -0.05) is 45.9 Å². The topological polar surface area (TPSA) is 12.0 Å². The van der Waals surface area contributed by atoms with Crippen molar-refractivity contribution in [2.75, 3.05) is 0 Å². The molecule has 0 saturated carbocycles. The predicted molar refractivity (Wildman–Crippen MR) is 89.0 cm³/mol. The van der Waals surface area contributed by atoms with Crippen LogP contribution in [0, 0.1) is 17.7 Å². The molecule has 0 radical (unpaired) electrons.